The molecule has 0 fully saturated rings. The maximum absolute atomic E-state index is 11.4. The van der Waals surface area contributed by atoms with E-state index >= 15 is 0 Å². The number of rotatable bonds is 1. The number of hydrogen-bond donors (Lipinski definition) is 0. The summed E-state index contributed by atoms with van der Waals surface area (Å²) in [5.41, 5.74) is 0.430. The number of hydrogen-bond acceptors (Lipinski definition) is 2. The first-order chi connectivity index (χ1) is 7.89. The van der Waals surface area contributed by atoms with Gasteiger partial charge in [0.25, 0.3) is 0 Å². The van der Waals surface area contributed by atoms with Gasteiger partial charge in [-0.25, -0.2) is 0 Å². The molecule has 0 spiro atoms. The fourth-order valence-electron chi connectivity index (χ4n) is 0.990. The predicted molar refractivity (Wildman–Crippen MR) is 71.4 cm³/mol. The van der Waals surface area contributed by atoms with E-state index in [1.807, 2.05) is 45.0 Å². The number of carbonyl (C=O) groups excluding carboxylic acids is 1. The first-order valence-electron chi connectivity index (χ1n) is 5.31. The molecule has 0 amide bonds. The molecule has 2 nitrogen and oxygen atoms in total. The average molecular weight is 295 g/mol. The Morgan fingerprint density at radius 1 is 1.29 bits per heavy atom. The van der Waals surface area contributed by atoms with Gasteiger partial charge in [0.05, 0.1) is 5.41 Å². The second kappa shape index (κ2) is 5.88. The molecule has 0 aliphatic carbocycles. The fourth-order valence-corrected chi connectivity index (χ4v) is 1.25. The van der Waals surface area contributed by atoms with E-state index in [4.69, 9.17) is 4.74 Å². The van der Waals surface area contributed by atoms with Gasteiger partial charge in [-0.15, -0.1) is 0 Å². The first kappa shape index (κ1) is 13.8. The van der Waals surface area contributed by atoms with E-state index in [9.17, 15) is 4.79 Å². The van der Waals surface area contributed by atoms with Crippen molar-refractivity contribution in [3.63, 3.8) is 0 Å². The Labute approximate surface area is 110 Å². The molecule has 1 aromatic carbocycles. The Kier molecular flexibility index (Phi) is 4.77. The van der Waals surface area contributed by atoms with Gasteiger partial charge >= 0.3 is 5.97 Å². The van der Waals surface area contributed by atoms with Crippen molar-refractivity contribution in [2.75, 3.05) is 6.61 Å². The molecule has 1 rings (SSSR count). The van der Waals surface area contributed by atoms with Crippen LogP contribution in [0.25, 0.3) is 0 Å². The molecule has 0 saturated carbocycles. The minimum absolute atomic E-state index is 0.131. The zero-order valence-electron chi connectivity index (χ0n) is 10.2. The van der Waals surface area contributed by atoms with E-state index in [0.717, 1.165) is 10.0 Å². The number of ether oxygens (including phenoxy) is 1. The second-order valence-electron chi connectivity index (χ2n) is 4.63. The fraction of sp³-hybridized carbons (Fsp3) is 0.357. The quantitative estimate of drug-likeness (QED) is 0.586. The van der Waals surface area contributed by atoms with Crippen molar-refractivity contribution in [2.24, 2.45) is 5.41 Å². The summed E-state index contributed by atoms with van der Waals surface area (Å²) in [7, 11) is 0. The molecule has 0 atom stereocenters. The summed E-state index contributed by atoms with van der Waals surface area (Å²) in [5, 5.41) is 0. The molecule has 1 aromatic rings. The van der Waals surface area contributed by atoms with E-state index < -0.39 is 5.41 Å². The highest BCUT2D eigenvalue weighted by Gasteiger charge is 2.22. The molecule has 0 radical (unpaired) electrons. The highest BCUT2D eigenvalue weighted by molar-refractivity contribution is 9.10. The number of halogens is 1. The lowest BCUT2D eigenvalue weighted by Gasteiger charge is -2.14. The zero-order chi connectivity index (χ0) is 12.9. The number of carbonyl (C=O) groups is 1. The SMILES string of the molecule is CC(C)(C)C(=O)OCC#Cc1ccc(Br)cc1. The van der Waals surface area contributed by atoms with Crippen LogP contribution in [0.15, 0.2) is 28.7 Å². The molecule has 0 bridgehead atoms. The Balaban J connectivity index is 2.47. The van der Waals surface area contributed by atoms with E-state index in [-0.39, 0.29) is 12.6 Å². The normalized spacial score (nSPS) is 10.4. The Morgan fingerprint density at radius 2 is 1.88 bits per heavy atom. The third-order valence-corrected chi connectivity index (χ3v) is 2.49. The standard InChI is InChI=1S/C14H15BrO2/c1-14(2,3)13(16)17-10-4-5-11-6-8-12(15)9-7-11/h6-9H,10H2,1-3H3. The third-order valence-electron chi connectivity index (χ3n) is 1.96. The van der Waals surface area contributed by atoms with E-state index in [0.29, 0.717) is 0 Å². The number of benzene rings is 1. The van der Waals surface area contributed by atoms with E-state index in [1.54, 1.807) is 0 Å². The van der Waals surface area contributed by atoms with Crippen LogP contribution in [0.5, 0.6) is 0 Å². The molecule has 0 N–H and O–H groups in total. The molecular formula is C14H15BrO2. The van der Waals surface area contributed by atoms with Crippen molar-refractivity contribution in [1.82, 2.24) is 0 Å². The Hall–Kier alpha value is -1.27. The minimum atomic E-state index is -0.473. The first-order valence-corrected chi connectivity index (χ1v) is 6.10. The number of esters is 1. The molecule has 3 heteroatoms. The van der Waals surface area contributed by atoms with Gasteiger partial charge in [0.1, 0.15) is 0 Å². The van der Waals surface area contributed by atoms with Crippen LogP contribution in [0.3, 0.4) is 0 Å². The smallest absolute Gasteiger partial charge is 0.312 e. The molecule has 0 saturated heterocycles. The topological polar surface area (TPSA) is 26.3 Å². The highest BCUT2D eigenvalue weighted by Crippen LogP contribution is 2.14. The lowest BCUT2D eigenvalue weighted by atomic mass is 9.97. The van der Waals surface area contributed by atoms with Crippen molar-refractivity contribution in [2.45, 2.75) is 20.8 Å². The van der Waals surface area contributed by atoms with Crippen LogP contribution in [0, 0.1) is 17.3 Å². The van der Waals surface area contributed by atoms with E-state index in [1.165, 1.54) is 0 Å². The summed E-state index contributed by atoms with van der Waals surface area (Å²) in [6, 6.07) is 7.65. The second-order valence-corrected chi connectivity index (χ2v) is 5.55. The molecule has 90 valence electrons. The van der Waals surface area contributed by atoms with Gasteiger partial charge in [-0.05, 0) is 45.0 Å². The van der Waals surface area contributed by atoms with Gasteiger partial charge in [-0.2, -0.15) is 0 Å². The van der Waals surface area contributed by atoms with Crippen molar-refractivity contribution in [3.8, 4) is 11.8 Å². The summed E-state index contributed by atoms with van der Waals surface area (Å²) < 4.78 is 6.05. The predicted octanol–water partition coefficient (Wildman–Crippen LogP) is 3.39. The lowest BCUT2D eigenvalue weighted by molar-refractivity contribution is -0.151. The van der Waals surface area contributed by atoms with Crippen LogP contribution in [0.4, 0.5) is 0 Å². The van der Waals surface area contributed by atoms with Crippen LogP contribution < -0.4 is 0 Å². The van der Waals surface area contributed by atoms with Gasteiger partial charge in [0.2, 0.25) is 0 Å². The summed E-state index contributed by atoms with van der Waals surface area (Å²) in [4.78, 5) is 11.4. The summed E-state index contributed by atoms with van der Waals surface area (Å²) in [5.74, 6) is 5.51. The molecular weight excluding hydrogens is 280 g/mol. The maximum Gasteiger partial charge on any atom is 0.312 e. The Bertz CT molecular complexity index is 444. The molecule has 0 aromatic heterocycles. The third kappa shape index (κ3) is 5.06. The lowest BCUT2D eigenvalue weighted by Crippen LogP contribution is -2.22. The van der Waals surface area contributed by atoms with Crippen molar-refractivity contribution < 1.29 is 9.53 Å². The highest BCUT2D eigenvalue weighted by atomic mass is 79.9. The van der Waals surface area contributed by atoms with Gasteiger partial charge in [0.15, 0.2) is 6.61 Å². The molecule has 0 unspecified atom stereocenters. The van der Waals surface area contributed by atoms with Gasteiger partial charge in [0, 0.05) is 10.0 Å². The van der Waals surface area contributed by atoms with Crippen molar-refractivity contribution >= 4 is 21.9 Å². The molecule has 0 heterocycles. The molecule has 0 aliphatic heterocycles. The maximum atomic E-state index is 11.4. The summed E-state index contributed by atoms with van der Waals surface area (Å²) >= 11 is 3.35. The zero-order valence-corrected chi connectivity index (χ0v) is 11.8. The van der Waals surface area contributed by atoms with Crippen LogP contribution in [0.1, 0.15) is 26.3 Å². The monoisotopic (exact) mass is 294 g/mol. The molecule has 0 aliphatic rings. The van der Waals surface area contributed by atoms with Crippen molar-refractivity contribution in [1.29, 1.82) is 0 Å². The minimum Gasteiger partial charge on any atom is -0.452 e. The van der Waals surface area contributed by atoms with Crippen LogP contribution in [-0.2, 0) is 9.53 Å². The van der Waals surface area contributed by atoms with Gasteiger partial charge in [-0.3, -0.25) is 4.79 Å². The van der Waals surface area contributed by atoms with Crippen molar-refractivity contribution in [3.05, 3.63) is 34.3 Å². The van der Waals surface area contributed by atoms with Gasteiger partial charge in [-0.1, -0.05) is 27.8 Å². The van der Waals surface area contributed by atoms with E-state index in [2.05, 4.69) is 27.8 Å². The Morgan fingerprint density at radius 3 is 2.41 bits per heavy atom. The largest absolute Gasteiger partial charge is 0.452 e. The van der Waals surface area contributed by atoms with Crippen LogP contribution in [-0.4, -0.2) is 12.6 Å². The summed E-state index contributed by atoms with van der Waals surface area (Å²) in [6.45, 7) is 5.58. The molecule has 17 heavy (non-hydrogen) atoms. The van der Waals surface area contributed by atoms with Crippen LogP contribution >= 0.6 is 15.9 Å². The van der Waals surface area contributed by atoms with Gasteiger partial charge < -0.3 is 4.74 Å². The van der Waals surface area contributed by atoms with Crippen LogP contribution in [0.2, 0.25) is 0 Å². The summed E-state index contributed by atoms with van der Waals surface area (Å²) in [6.07, 6.45) is 0. The average Bonchev–Trinajstić information content (AvgIpc) is 2.25.